The van der Waals surface area contributed by atoms with Crippen LogP contribution < -0.4 is 4.90 Å². The second kappa shape index (κ2) is 7.87. The summed E-state index contributed by atoms with van der Waals surface area (Å²) in [5.74, 6) is 2.01. The van der Waals surface area contributed by atoms with E-state index in [2.05, 4.69) is 9.97 Å². The van der Waals surface area contributed by atoms with Gasteiger partial charge in [-0.15, -0.1) is 0 Å². The molecular formula is C24H25F6N3. The number of aromatic nitrogens is 2. The van der Waals surface area contributed by atoms with E-state index in [1.807, 2.05) is 0 Å². The predicted molar refractivity (Wildman–Crippen MR) is 111 cm³/mol. The number of anilines is 2. The average Bonchev–Trinajstić information content (AvgIpc) is 2.72. The first kappa shape index (κ1) is 22.5. The van der Waals surface area contributed by atoms with Crippen molar-refractivity contribution in [2.45, 2.75) is 57.3 Å². The minimum atomic E-state index is -4.65. The lowest BCUT2D eigenvalue weighted by molar-refractivity contribution is -0.141. The lowest BCUT2D eigenvalue weighted by Crippen LogP contribution is -2.47. The summed E-state index contributed by atoms with van der Waals surface area (Å²) in [6.45, 7) is 0.273. The van der Waals surface area contributed by atoms with Crippen LogP contribution in [-0.4, -0.2) is 16.5 Å². The zero-order chi connectivity index (χ0) is 23.4. The largest absolute Gasteiger partial charge is 0.433 e. The Labute approximate surface area is 188 Å². The van der Waals surface area contributed by atoms with Crippen LogP contribution in [0.4, 0.5) is 38.0 Å². The standard InChI is InChI=1S/C24H25F6N3/c25-23(26,27)18-3-1-5-20(31-18)33(21-6-2-4-19(32-21)24(28,29)30)8-7-22-12-15-9-16(13-22)11-17(10-15)14-22/h1-6,15-17H,7-14H2. The van der Waals surface area contributed by atoms with E-state index in [9.17, 15) is 26.3 Å². The Morgan fingerprint density at radius 3 is 1.55 bits per heavy atom. The predicted octanol–water partition coefficient (Wildman–Crippen LogP) is 7.26. The lowest BCUT2D eigenvalue weighted by atomic mass is 9.49. The number of nitrogens with zero attached hydrogens (tertiary/aromatic N) is 3. The Kier molecular flexibility index (Phi) is 5.36. The summed E-state index contributed by atoms with van der Waals surface area (Å²) in [7, 11) is 0. The molecule has 0 unspecified atom stereocenters. The minimum absolute atomic E-state index is 0.0404. The monoisotopic (exact) mass is 469 g/mol. The highest BCUT2D eigenvalue weighted by Gasteiger charge is 2.50. The average molecular weight is 469 g/mol. The SMILES string of the molecule is FC(F)(F)c1cccc(N(CCC23CC4CC(CC(C4)C2)C3)c2cccc(C(F)(F)F)n2)n1. The quantitative estimate of drug-likeness (QED) is 0.432. The fourth-order valence-corrected chi connectivity index (χ4v) is 6.75. The number of halogens is 6. The molecule has 4 bridgehead atoms. The summed E-state index contributed by atoms with van der Waals surface area (Å²) in [5.41, 5.74) is -2.05. The maximum Gasteiger partial charge on any atom is 0.433 e. The molecule has 2 heterocycles. The molecule has 9 heteroatoms. The lowest BCUT2D eigenvalue weighted by Gasteiger charge is -2.57. The van der Waals surface area contributed by atoms with Crippen molar-refractivity contribution >= 4 is 11.6 Å². The molecule has 0 amide bonds. The number of hydrogen-bond acceptors (Lipinski definition) is 3. The smallest absolute Gasteiger partial charge is 0.311 e. The van der Waals surface area contributed by atoms with E-state index < -0.39 is 23.7 Å². The Hall–Kier alpha value is -2.32. The summed E-state index contributed by atoms with van der Waals surface area (Å²) in [5, 5.41) is 0. The molecule has 178 valence electrons. The Morgan fingerprint density at radius 2 is 1.15 bits per heavy atom. The van der Waals surface area contributed by atoms with Crippen LogP contribution in [0.25, 0.3) is 0 Å². The van der Waals surface area contributed by atoms with E-state index in [-0.39, 0.29) is 23.6 Å². The molecule has 0 atom stereocenters. The van der Waals surface area contributed by atoms with Crippen LogP contribution in [0.2, 0.25) is 0 Å². The van der Waals surface area contributed by atoms with E-state index in [1.54, 1.807) is 0 Å². The molecule has 4 aliphatic rings. The Morgan fingerprint density at radius 1 is 0.727 bits per heavy atom. The van der Waals surface area contributed by atoms with E-state index in [1.165, 1.54) is 48.4 Å². The van der Waals surface area contributed by atoms with Gasteiger partial charge in [-0.2, -0.15) is 26.3 Å². The highest BCUT2D eigenvalue weighted by molar-refractivity contribution is 5.56. The van der Waals surface area contributed by atoms with Crippen molar-refractivity contribution < 1.29 is 26.3 Å². The summed E-state index contributed by atoms with van der Waals surface area (Å²) in [6, 6.07) is 6.99. The highest BCUT2D eigenvalue weighted by Crippen LogP contribution is 2.61. The minimum Gasteiger partial charge on any atom is -0.311 e. The van der Waals surface area contributed by atoms with Gasteiger partial charge in [0.05, 0.1) is 0 Å². The molecule has 3 nitrogen and oxygen atoms in total. The van der Waals surface area contributed by atoms with E-state index in [0.717, 1.165) is 31.4 Å². The number of rotatable bonds is 5. The normalized spacial score (nSPS) is 28.8. The summed E-state index contributed by atoms with van der Waals surface area (Å²) in [4.78, 5) is 8.93. The molecule has 4 fully saturated rings. The van der Waals surface area contributed by atoms with Crippen molar-refractivity contribution in [2.75, 3.05) is 11.4 Å². The molecule has 4 saturated carbocycles. The first-order valence-electron chi connectivity index (χ1n) is 11.4. The van der Waals surface area contributed by atoms with Crippen LogP contribution in [-0.2, 0) is 12.4 Å². The van der Waals surface area contributed by atoms with Crippen molar-refractivity contribution in [3.05, 3.63) is 47.8 Å². The second-order valence-electron chi connectivity index (χ2n) is 10.1. The van der Waals surface area contributed by atoms with Gasteiger partial charge in [0.1, 0.15) is 23.0 Å². The van der Waals surface area contributed by atoms with E-state index in [0.29, 0.717) is 24.2 Å². The Bertz CT molecular complexity index is 923. The van der Waals surface area contributed by atoms with Gasteiger partial charge >= 0.3 is 12.4 Å². The van der Waals surface area contributed by atoms with Crippen LogP contribution in [0.1, 0.15) is 56.3 Å². The topological polar surface area (TPSA) is 29.0 Å². The molecule has 33 heavy (non-hydrogen) atoms. The highest BCUT2D eigenvalue weighted by atomic mass is 19.4. The molecular weight excluding hydrogens is 444 g/mol. The molecule has 0 saturated heterocycles. The summed E-state index contributed by atoms with van der Waals surface area (Å²) in [6.07, 6.45) is -1.54. The fraction of sp³-hybridized carbons (Fsp3) is 0.583. The van der Waals surface area contributed by atoms with Crippen molar-refractivity contribution in [3.8, 4) is 0 Å². The van der Waals surface area contributed by atoms with Crippen LogP contribution in [0.5, 0.6) is 0 Å². The zero-order valence-electron chi connectivity index (χ0n) is 18.0. The fourth-order valence-electron chi connectivity index (χ4n) is 6.75. The number of hydrogen-bond donors (Lipinski definition) is 0. The summed E-state index contributed by atoms with van der Waals surface area (Å²) >= 11 is 0. The van der Waals surface area contributed by atoms with Gasteiger partial charge in [0.2, 0.25) is 0 Å². The maximum absolute atomic E-state index is 13.3. The first-order valence-corrected chi connectivity index (χ1v) is 11.4. The molecule has 0 aliphatic heterocycles. The van der Waals surface area contributed by atoms with Crippen LogP contribution in [0, 0.1) is 23.2 Å². The summed E-state index contributed by atoms with van der Waals surface area (Å²) < 4.78 is 79.8. The van der Waals surface area contributed by atoms with Crippen LogP contribution >= 0.6 is 0 Å². The van der Waals surface area contributed by atoms with Crippen LogP contribution in [0.15, 0.2) is 36.4 Å². The van der Waals surface area contributed by atoms with Gasteiger partial charge in [-0.1, -0.05) is 12.1 Å². The molecule has 0 aromatic carbocycles. The van der Waals surface area contributed by atoms with Gasteiger partial charge in [-0.3, -0.25) is 0 Å². The van der Waals surface area contributed by atoms with Crippen molar-refractivity contribution in [1.29, 1.82) is 0 Å². The van der Waals surface area contributed by atoms with E-state index >= 15 is 0 Å². The molecule has 4 aliphatic carbocycles. The van der Waals surface area contributed by atoms with E-state index in [4.69, 9.17) is 0 Å². The molecule has 0 spiro atoms. The molecule has 2 aromatic heterocycles. The molecule has 0 N–H and O–H groups in total. The third kappa shape index (κ3) is 4.55. The maximum atomic E-state index is 13.3. The van der Waals surface area contributed by atoms with Crippen molar-refractivity contribution in [1.82, 2.24) is 9.97 Å². The molecule has 6 rings (SSSR count). The third-order valence-corrected chi connectivity index (χ3v) is 7.63. The van der Waals surface area contributed by atoms with Gasteiger partial charge in [0.15, 0.2) is 0 Å². The van der Waals surface area contributed by atoms with Crippen molar-refractivity contribution in [3.63, 3.8) is 0 Å². The van der Waals surface area contributed by atoms with Gasteiger partial charge in [-0.05, 0) is 92.4 Å². The van der Waals surface area contributed by atoms with Crippen molar-refractivity contribution in [2.24, 2.45) is 23.2 Å². The van der Waals surface area contributed by atoms with Gasteiger partial charge < -0.3 is 4.90 Å². The first-order chi connectivity index (χ1) is 15.5. The number of pyridine rings is 2. The number of alkyl halides is 6. The van der Waals surface area contributed by atoms with Gasteiger partial charge in [0.25, 0.3) is 0 Å². The third-order valence-electron chi connectivity index (χ3n) is 7.63. The zero-order valence-corrected chi connectivity index (χ0v) is 18.0. The van der Waals surface area contributed by atoms with Gasteiger partial charge in [0, 0.05) is 6.54 Å². The molecule has 2 aromatic rings. The Balaban J connectivity index is 1.47. The molecule has 0 radical (unpaired) electrons. The van der Waals surface area contributed by atoms with Crippen LogP contribution in [0.3, 0.4) is 0 Å². The van der Waals surface area contributed by atoms with Gasteiger partial charge in [-0.25, -0.2) is 9.97 Å². The second-order valence-corrected chi connectivity index (χ2v) is 10.1.